The van der Waals surface area contributed by atoms with E-state index >= 15 is 0 Å². The van der Waals surface area contributed by atoms with Gasteiger partial charge in [-0.15, -0.1) is 0 Å². The van der Waals surface area contributed by atoms with Gasteiger partial charge in [-0.3, -0.25) is 0 Å². The highest BCUT2D eigenvalue weighted by Gasteiger charge is 2.50. The summed E-state index contributed by atoms with van der Waals surface area (Å²) in [5.41, 5.74) is 0. The van der Waals surface area contributed by atoms with E-state index in [1.807, 2.05) is 0 Å². The second-order valence-corrected chi connectivity index (χ2v) is 2.07. The summed E-state index contributed by atoms with van der Waals surface area (Å²) in [7, 11) is 0. The Morgan fingerprint density at radius 1 is 1.23 bits per heavy atom. The fraction of sp³-hybridized carbons (Fsp3) is 0.800. The monoisotopic (exact) mass is 210 g/mol. The topological polar surface area (TPSA) is 26.3 Å². The maximum Gasteiger partial charge on any atom is 0.491 e. The van der Waals surface area contributed by atoms with Gasteiger partial charge in [0.05, 0.1) is 0 Å². The number of esters is 1. The Labute approximate surface area is 68.5 Å². The number of rotatable bonds is 2. The van der Waals surface area contributed by atoms with Crippen molar-refractivity contribution in [2.75, 3.05) is 0 Å². The highest BCUT2D eigenvalue weighted by Crippen LogP contribution is 2.27. The number of halogens is 6. The molecule has 0 spiro atoms. The largest absolute Gasteiger partial charge is 0.491 e. The minimum absolute atomic E-state index is 0.268. The van der Waals surface area contributed by atoms with Gasteiger partial charge in [0.25, 0.3) is 0 Å². The SMILES string of the molecule is CC(F)C(F)(F)OC(=O)C(F)(F)F. The van der Waals surface area contributed by atoms with Crippen molar-refractivity contribution in [3.63, 3.8) is 0 Å². The molecule has 0 rings (SSSR count). The predicted molar refractivity (Wildman–Crippen MR) is 27.7 cm³/mol. The van der Waals surface area contributed by atoms with Crippen LogP contribution < -0.4 is 0 Å². The molecule has 0 aromatic heterocycles. The minimum atomic E-state index is -5.56. The number of alkyl halides is 6. The van der Waals surface area contributed by atoms with Crippen molar-refractivity contribution >= 4 is 5.97 Å². The fourth-order valence-electron chi connectivity index (χ4n) is 0.263. The van der Waals surface area contributed by atoms with E-state index < -0.39 is 24.4 Å². The molecule has 0 amide bonds. The number of carbonyl (C=O) groups excluding carboxylic acids is 1. The third kappa shape index (κ3) is 3.51. The third-order valence-corrected chi connectivity index (χ3v) is 0.923. The van der Waals surface area contributed by atoms with Crippen molar-refractivity contribution in [1.29, 1.82) is 0 Å². The zero-order chi connectivity index (χ0) is 10.9. The summed E-state index contributed by atoms with van der Waals surface area (Å²) in [5, 5.41) is 0. The van der Waals surface area contributed by atoms with Crippen LogP contribution in [-0.2, 0) is 9.53 Å². The highest BCUT2D eigenvalue weighted by molar-refractivity contribution is 5.75. The molecule has 1 atom stereocenters. The van der Waals surface area contributed by atoms with Crippen molar-refractivity contribution < 1.29 is 35.9 Å². The predicted octanol–water partition coefficient (Wildman–Crippen LogP) is 2.04. The van der Waals surface area contributed by atoms with Crippen molar-refractivity contribution in [2.45, 2.75) is 25.4 Å². The molecule has 0 aliphatic heterocycles. The van der Waals surface area contributed by atoms with Gasteiger partial charge in [-0.05, 0) is 6.92 Å². The van der Waals surface area contributed by atoms with Crippen LogP contribution in [0.3, 0.4) is 0 Å². The normalized spacial score (nSPS) is 15.3. The minimum Gasteiger partial charge on any atom is -0.392 e. The molecule has 0 radical (unpaired) electrons. The molecule has 0 heterocycles. The maximum atomic E-state index is 12.0. The van der Waals surface area contributed by atoms with Crippen molar-refractivity contribution in [3.05, 3.63) is 0 Å². The standard InChI is InChI=1S/C5H4F6O2/c1-2(6)5(10,11)13-3(12)4(7,8)9/h2H,1H3. The Kier molecular flexibility index (Phi) is 3.18. The van der Waals surface area contributed by atoms with Crippen molar-refractivity contribution in [2.24, 2.45) is 0 Å². The molecule has 78 valence electrons. The van der Waals surface area contributed by atoms with E-state index in [1.54, 1.807) is 0 Å². The molecule has 0 fully saturated rings. The van der Waals surface area contributed by atoms with Gasteiger partial charge in [-0.2, -0.15) is 22.0 Å². The van der Waals surface area contributed by atoms with Crippen LogP contribution in [0, 0.1) is 0 Å². The van der Waals surface area contributed by atoms with Gasteiger partial charge in [0, 0.05) is 0 Å². The van der Waals surface area contributed by atoms with Crippen LogP contribution in [0.5, 0.6) is 0 Å². The lowest BCUT2D eigenvalue weighted by Gasteiger charge is -2.17. The smallest absolute Gasteiger partial charge is 0.392 e. The van der Waals surface area contributed by atoms with Crippen LogP contribution in [0.2, 0.25) is 0 Å². The number of hydrogen-bond donors (Lipinski definition) is 0. The van der Waals surface area contributed by atoms with E-state index in [2.05, 4.69) is 4.74 Å². The zero-order valence-electron chi connectivity index (χ0n) is 6.16. The fourth-order valence-corrected chi connectivity index (χ4v) is 0.263. The lowest BCUT2D eigenvalue weighted by molar-refractivity contribution is -0.282. The average molecular weight is 210 g/mol. The summed E-state index contributed by atoms with van der Waals surface area (Å²) in [6, 6.07) is 0. The average Bonchev–Trinajstić information content (AvgIpc) is 1.83. The summed E-state index contributed by atoms with van der Waals surface area (Å²) in [6.07, 6.45) is -13.3. The molecule has 0 aliphatic carbocycles. The van der Waals surface area contributed by atoms with E-state index in [-0.39, 0.29) is 6.92 Å². The second kappa shape index (κ2) is 3.43. The molecule has 1 unspecified atom stereocenters. The molecule has 0 N–H and O–H groups in total. The third-order valence-electron chi connectivity index (χ3n) is 0.923. The summed E-state index contributed by atoms with van der Waals surface area (Å²) in [5.74, 6) is -3.12. The first-order chi connectivity index (χ1) is 5.57. The molecular formula is C5H4F6O2. The number of ether oxygens (including phenoxy) is 1. The van der Waals surface area contributed by atoms with Crippen molar-refractivity contribution in [3.8, 4) is 0 Å². The summed E-state index contributed by atoms with van der Waals surface area (Å²) in [6.45, 7) is 0.268. The number of carbonyl (C=O) groups is 1. The van der Waals surface area contributed by atoms with Gasteiger partial charge in [-0.25, -0.2) is 9.18 Å². The van der Waals surface area contributed by atoms with Gasteiger partial charge in [0.2, 0.25) is 6.17 Å². The van der Waals surface area contributed by atoms with Crippen LogP contribution in [0.4, 0.5) is 26.3 Å². The highest BCUT2D eigenvalue weighted by atomic mass is 19.4. The van der Waals surface area contributed by atoms with E-state index in [0.29, 0.717) is 0 Å². The van der Waals surface area contributed by atoms with Gasteiger partial charge < -0.3 is 4.74 Å². The van der Waals surface area contributed by atoms with Crippen molar-refractivity contribution in [1.82, 2.24) is 0 Å². The summed E-state index contributed by atoms with van der Waals surface area (Å²) < 4.78 is 72.4. The van der Waals surface area contributed by atoms with Gasteiger partial charge in [0.1, 0.15) is 0 Å². The molecule has 0 aliphatic rings. The lowest BCUT2D eigenvalue weighted by atomic mass is 10.4. The maximum absolute atomic E-state index is 12.0. The molecule has 0 saturated heterocycles. The van der Waals surface area contributed by atoms with E-state index in [9.17, 15) is 31.1 Å². The lowest BCUT2D eigenvalue weighted by Crippen LogP contribution is -2.38. The molecule has 0 aromatic carbocycles. The van der Waals surface area contributed by atoms with E-state index in [4.69, 9.17) is 0 Å². The Hall–Kier alpha value is -0.950. The molecule has 0 bridgehead atoms. The first-order valence-electron chi connectivity index (χ1n) is 2.89. The van der Waals surface area contributed by atoms with Crippen LogP contribution >= 0.6 is 0 Å². The number of hydrogen-bond acceptors (Lipinski definition) is 2. The Balaban J connectivity index is 4.38. The van der Waals surface area contributed by atoms with Crippen LogP contribution in [-0.4, -0.2) is 24.4 Å². The van der Waals surface area contributed by atoms with Crippen LogP contribution in [0.25, 0.3) is 0 Å². The van der Waals surface area contributed by atoms with Crippen LogP contribution in [0.15, 0.2) is 0 Å². The molecular weight excluding hydrogens is 206 g/mol. The molecule has 8 heteroatoms. The first kappa shape index (κ1) is 12.0. The van der Waals surface area contributed by atoms with E-state index in [0.717, 1.165) is 0 Å². The van der Waals surface area contributed by atoms with Gasteiger partial charge in [-0.1, -0.05) is 0 Å². The Morgan fingerprint density at radius 3 is 1.85 bits per heavy atom. The zero-order valence-corrected chi connectivity index (χ0v) is 6.16. The van der Waals surface area contributed by atoms with Crippen LogP contribution in [0.1, 0.15) is 6.92 Å². The quantitative estimate of drug-likeness (QED) is 0.515. The molecule has 0 saturated carbocycles. The molecule has 13 heavy (non-hydrogen) atoms. The molecule has 0 aromatic rings. The second-order valence-electron chi connectivity index (χ2n) is 2.07. The Bertz CT molecular complexity index is 196. The summed E-state index contributed by atoms with van der Waals surface area (Å²) >= 11 is 0. The Morgan fingerprint density at radius 2 is 1.62 bits per heavy atom. The first-order valence-corrected chi connectivity index (χ1v) is 2.89. The molecule has 2 nitrogen and oxygen atoms in total. The summed E-state index contributed by atoms with van der Waals surface area (Å²) in [4.78, 5) is 9.79. The van der Waals surface area contributed by atoms with Gasteiger partial charge >= 0.3 is 18.3 Å². The van der Waals surface area contributed by atoms with Gasteiger partial charge in [0.15, 0.2) is 0 Å². The van der Waals surface area contributed by atoms with E-state index in [1.165, 1.54) is 0 Å².